The fourth-order valence-electron chi connectivity index (χ4n) is 3.59. The maximum absolute atomic E-state index is 6.19. The van der Waals surface area contributed by atoms with Crippen molar-refractivity contribution in [2.75, 3.05) is 11.9 Å². The highest BCUT2D eigenvalue weighted by atomic mass is 32.2. The monoisotopic (exact) mass is 359 g/mol. The third kappa shape index (κ3) is 2.26. The summed E-state index contributed by atoms with van der Waals surface area (Å²) in [4.78, 5) is 3.52. The summed E-state index contributed by atoms with van der Waals surface area (Å²) in [6.07, 6.45) is 2.13. The molecule has 0 spiro atoms. The van der Waals surface area contributed by atoms with Crippen molar-refractivity contribution in [3.8, 4) is 0 Å². The van der Waals surface area contributed by atoms with Crippen LogP contribution in [0.25, 0.3) is 27.9 Å². The van der Waals surface area contributed by atoms with Crippen molar-refractivity contribution < 1.29 is 8.98 Å². The summed E-state index contributed by atoms with van der Waals surface area (Å²) in [5.74, 6) is 0.857. The van der Waals surface area contributed by atoms with Gasteiger partial charge in [-0.05, 0) is 42.1 Å². The Kier molecular flexibility index (Phi) is 3.37. The van der Waals surface area contributed by atoms with Gasteiger partial charge in [-0.1, -0.05) is 42.1 Å². The number of rotatable bonds is 1. The van der Waals surface area contributed by atoms with Crippen LogP contribution in [0, 0.1) is 6.92 Å². The molecule has 0 N–H and O–H groups in total. The summed E-state index contributed by atoms with van der Waals surface area (Å²) < 4.78 is 8.33. The van der Waals surface area contributed by atoms with Crippen LogP contribution in [-0.4, -0.2) is 7.05 Å². The minimum Gasteiger partial charge on any atom is -0.398 e. The lowest BCUT2D eigenvalue weighted by molar-refractivity contribution is -0.651. The number of anilines is 1. The predicted octanol–water partition coefficient (Wildman–Crippen LogP) is 5.26. The Morgan fingerprint density at radius 3 is 2.81 bits per heavy atom. The van der Waals surface area contributed by atoms with Gasteiger partial charge in [-0.3, -0.25) is 0 Å². The summed E-state index contributed by atoms with van der Waals surface area (Å²) in [6.45, 7) is 2.13. The van der Waals surface area contributed by atoms with E-state index in [0.29, 0.717) is 0 Å². The van der Waals surface area contributed by atoms with E-state index in [1.165, 1.54) is 31.9 Å². The number of hydrogen-bond donors (Lipinski definition) is 0. The van der Waals surface area contributed by atoms with E-state index in [1.807, 2.05) is 0 Å². The molecule has 0 saturated carbocycles. The van der Waals surface area contributed by atoms with Crippen molar-refractivity contribution in [1.29, 1.82) is 0 Å². The van der Waals surface area contributed by atoms with Crippen LogP contribution in [0.4, 0.5) is 5.69 Å². The molecule has 0 atom stereocenters. The molecule has 5 rings (SSSR count). The second-order valence-electron chi connectivity index (χ2n) is 6.75. The highest BCUT2D eigenvalue weighted by Crippen LogP contribution is 2.46. The van der Waals surface area contributed by atoms with Gasteiger partial charge in [-0.25, -0.2) is 0 Å². The van der Waals surface area contributed by atoms with Crippen LogP contribution < -0.4 is 9.47 Å². The van der Waals surface area contributed by atoms with E-state index in [0.717, 1.165) is 17.0 Å². The molecule has 1 aromatic heterocycles. The quantitative estimate of drug-likeness (QED) is 0.432. The second-order valence-corrected chi connectivity index (χ2v) is 7.81. The van der Waals surface area contributed by atoms with Crippen LogP contribution in [0.2, 0.25) is 0 Å². The lowest BCUT2D eigenvalue weighted by Gasteiger charge is -2.12. The zero-order chi connectivity index (χ0) is 17.8. The third-order valence-corrected chi connectivity index (χ3v) is 6.18. The molecule has 4 aromatic rings. The fraction of sp³-hybridized carbons (Fsp3) is 0.136. The molecular formula is C22H19N2OS+. The number of aromatic nitrogens is 1. The summed E-state index contributed by atoms with van der Waals surface area (Å²) in [6, 6.07) is 19.2. The van der Waals surface area contributed by atoms with E-state index in [2.05, 4.69) is 91.2 Å². The van der Waals surface area contributed by atoms with Crippen LogP contribution in [0.5, 0.6) is 0 Å². The van der Waals surface area contributed by atoms with Gasteiger partial charge in [0.15, 0.2) is 0 Å². The van der Waals surface area contributed by atoms with Crippen molar-refractivity contribution in [1.82, 2.24) is 0 Å². The van der Waals surface area contributed by atoms with Crippen LogP contribution in [0.3, 0.4) is 0 Å². The van der Waals surface area contributed by atoms with Crippen LogP contribution >= 0.6 is 11.8 Å². The van der Waals surface area contributed by atoms with E-state index in [9.17, 15) is 0 Å². The van der Waals surface area contributed by atoms with Gasteiger partial charge in [0.2, 0.25) is 5.58 Å². The van der Waals surface area contributed by atoms with Gasteiger partial charge < -0.3 is 9.32 Å². The van der Waals surface area contributed by atoms with E-state index in [4.69, 9.17) is 4.42 Å². The average Bonchev–Trinajstić information content (AvgIpc) is 3.13. The molecule has 0 unspecified atom stereocenters. The lowest BCUT2D eigenvalue weighted by atomic mass is 10.1. The zero-order valence-corrected chi connectivity index (χ0v) is 15.8. The summed E-state index contributed by atoms with van der Waals surface area (Å²) >= 11 is 1.78. The van der Waals surface area contributed by atoms with Gasteiger partial charge in [-0.2, -0.15) is 4.57 Å². The number of nitrogens with zero attached hydrogens (tertiary/aromatic N) is 2. The van der Waals surface area contributed by atoms with Crippen molar-refractivity contribution in [2.45, 2.75) is 11.8 Å². The van der Waals surface area contributed by atoms with Gasteiger partial charge in [0.1, 0.15) is 7.05 Å². The molecule has 4 heteroatoms. The van der Waals surface area contributed by atoms with E-state index >= 15 is 0 Å². The van der Waals surface area contributed by atoms with Crippen LogP contribution in [-0.2, 0) is 7.05 Å². The smallest absolute Gasteiger partial charge is 0.376 e. The molecule has 128 valence electrons. The minimum absolute atomic E-state index is 0.857. The SMILES string of the molecule is Cc1ccc2c(c1)N(C)/C(=C/c1oc3ccc4ccccc4c3[n+]1C)S2. The van der Waals surface area contributed by atoms with Gasteiger partial charge in [0.05, 0.1) is 22.2 Å². The van der Waals surface area contributed by atoms with Crippen LogP contribution in [0.1, 0.15) is 11.5 Å². The highest BCUT2D eigenvalue weighted by Gasteiger charge is 2.26. The molecule has 0 fully saturated rings. The Bertz CT molecular complexity index is 1210. The first-order valence-corrected chi connectivity index (χ1v) is 9.48. The Morgan fingerprint density at radius 1 is 1.08 bits per heavy atom. The number of thioether (sulfide) groups is 1. The first kappa shape index (κ1) is 15.5. The average molecular weight is 359 g/mol. The van der Waals surface area contributed by atoms with E-state index in [-0.39, 0.29) is 0 Å². The fourth-order valence-corrected chi connectivity index (χ4v) is 4.65. The predicted molar refractivity (Wildman–Crippen MR) is 108 cm³/mol. The van der Waals surface area contributed by atoms with Gasteiger partial charge >= 0.3 is 5.89 Å². The molecule has 3 aromatic carbocycles. The maximum atomic E-state index is 6.19. The first-order valence-electron chi connectivity index (χ1n) is 8.66. The summed E-state index contributed by atoms with van der Waals surface area (Å²) in [5.41, 5.74) is 4.58. The molecule has 2 heterocycles. The standard InChI is InChI=1S/C22H19N2OS/c1-14-8-11-19-17(12-14)23(2)21(26-19)13-20-24(3)22-16-7-5-4-6-15(16)9-10-18(22)25-20/h4-13H,1-3H3/q+1. The normalized spacial score (nSPS) is 15.3. The molecule has 0 amide bonds. The number of hydrogen-bond acceptors (Lipinski definition) is 3. The number of fused-ring (bicyclic) bond motifs is 4. The number of oxazole rings is 1. The largest absolute Gasteiger partial charge is 0.398 e. The van der Waals surface area contributed by atoms with Gasteiger partial charge in [0, 0.05) is 11.9 Å². The molecule has 1 aliphatic rings. The lowest BCUT2D eigenvalue weighted by Crippen LogP contribution is -2.29. The van der Waals surface area contributed by atoms with Crippen LogP contribution in [0.15, 0.2) is 68.9 Å². The maximum Gasteiger partial charge on any atom is 0.376 e. The second kappa shape index (κ2) is 5.64. The third-order valence-electron chi connectivity index (χ3n) is 5.01. The molecule has 0 saturated heterocycles. The Labute approximate surface area is 156 Å². The molecule has 1 aliphatic heterocycles. The van der Waals surface area contributed by atoms with Crippen molar-refractivity contribution in [3.05, 3.63) is 71.1 Å². The minimum atomic E-state index is 0.857. The zero-order valence-electron chi connectivity index (χ0n) is 15.0. The topological polar surface area (TPSA) is 20.3 Å². The van der Waals surface area contributed by atoms with Crippen molar-refractivity contribution in [3.63, 3.8) is 0 Å². The van der Waals surface area contributed by atoms with Gasteiger partial charge in [-0.15, -0.1) is 0 Å². The summed E-state index contributed by atoms with van der Waals surface area (Å²) in [7, 11) is 4.18. The molecule has 26 heavy (non-hydrogen) atoms. The molecule has 3 nitrogen and oxygen atoms in total. The van der Waals surface area contributed by atoms with Crippen molar-refractivity contribution >= 4 is 45.4 Å². The Hall–Kier alpha value is -2.72. The van der Waals surface area contributed by atoms with Crippen molar-refractivity contribution in [2.24, 2.45) is 7.05 Å². The number of benzene rings is 3. The first-order chi connectivity index (χ1) is 12.6. The summed E-state index contributed by atoms with van der Waals surface area (Å²) in [5, 5.41) is 3.61. The van der Waals surface area contributed by atoms with E-state index < -0.39 is 0 Å². The Morgan fingerprint density at radius 2 is 1.92 bits per heavy atom. The molecule has 0 radical (unpaired) electrons. The van der Waals surface area contributed by atoms with Gasteiger partial charge in [0.25, 0.3) is 5.52 Å². The molecule has 0 bridgehead atoms. The Balaban J connectivity index is 1.66. The highest BCUT2D eigenvalue weighted by molar-refractivity contribution is 8.03. The van der Waals surface area contributed by atoms with E-state index in [1.54, 1.807) is 11.8 Å². The number of aryl methyl sites for hydroxylation is 2. The molecule has 0 aliphatic carbocycles. The molecular weight excluding hydrogens is 340 g/mol.